The molecule has 0 aromatic heterocycles. The third kappa shape index (κ3) is 1.20. The van der Waals surface area contributed by atoms with E-state index in [1.54, 1.807) is 0 Å². The predicted octanol–water partition coefficient (Wildman–Crippen LogP) is 3.81. The first kappa shape index (κ1) is 10.5. The summed E-state index contributed by atoms with van der Waals surface area (Å²) in [6.07, 6.45) is 9.17. The molecule has 4 rings (SSSR count). The second-order valence-electron chi connectivity index (χ2n) is 6.32. The highest BCUT2D eigenvalue weighted by Crippen LogP contribution is 2.58. The van der Waals surface area contributed by atoms with Gasteiger partial charge in [-0.2, -0.15) is 0 Å². The van der Waals surface area contributed by atoms with Crippen LogP contribution >= 0.6 is 0 Å². The van der Waals surface area contributed by atoms with Crippen LogP contribution in [0, 0.1) is 18.8 Å². The van der Waals surface area contributed by atoms with Gasteiger partial charge in [0, 0.05) is 17.4 Å². The molecule has 0 aliphatic heterocycles. The van der Waals surface area contributed by atoms with Crippen LogP contribution in [0.2, 0.25) is 0 Å². The number of hydrogen-bond donors (Lipinski definition) is 0. The summed E-state index contributed by atoms with van der Waals surface area (Å²) in [6, 6.07) is 6.51. The van der Waals surface area contributed by atoms with Crippen molar-refractivity contribution in [3.05, 3.63) is 47.0 Å². The van der Waals surface area contributed by atoms with Gasteiger partial charge in [-0.15, -0.1) is 0 Å². The molecular weight excluding hydrogens is 220 g/mol. The molecule has 1 saturated carbocycles. The van der Waals surface area contributed by atoms with Crippen LogP contribution in [0.25, 0.3) is 0 Å². The number of fused-ring (bicyclic) bond motifs is 5. The Morgan fingerprint density at radius 2 is 2.17 bits per heavy atom. The lowest BCUT2D eigenvalue weighted by Gasteiger charge is -2.40. The summed E-state index contributed by atoms with van der Waals surface area (Å²) in [5.74, 6) is 1.79. The van der Waals surface area contributed by atoms with Crippen molar-refractivity contribution < 1.29 is 4.79 Å². The molecule has 0 saturated heterocycles. The molecule has 1 aromatic carbocycles. The first-order chi connectivity index (χ1) is 8.69. The second-order valence-corrected chi connectivity index (χ2v) is 6.32. The summed E-state index contributed by atoms with van der Waals surface area (Å²) >= 11 is 0. The minimum Gasteiger partial charge on any atom is -0.294 e. The largest absolute Gasteiger partial charge is 0.294 e. The van der Waals surface area contributed by atoms with E-state index < -0.39 is 0 Å². The molecule has 3 unspecified atom stereocenters. The Balaban J connectivity index is 1.92. The molecular formula is C17H18O. The maximum atomic E-state index is 12.2. The summed E-state index contributed by atoms with van der Waals surface area (Å²) < 4.78 is 0. The first-order valence-electron chi connectivity index (χ1n) is 7.02. The number of carbonyl (C=O) groups excluding carboxylic acids is 1. The van der Waals surface area contributed by atoms with E-state index in [9.17, 15) is 4.79 Å². The molecule has 1 heteroatoms. The fourth-order valence-electron chi connectivity index (χ4n) is 4.48. The van der Waals surface area contributed by atoms with Crippen LogP contribution < -0.4 is 0 Å². The van der Waals surface area contributed by atoms with E-state index >= 15 is 0 Å². The van der Waals surface area contributed by atoms with E-state index in [-0.39, 0.29) is 5.41 Å². The number of rotatable bonds is 0. The zero-order chi connectivity index (χ0) is 12.3. The van der Waals surface area contributed by atoms with Gasteiger partial charge in [0.2, 0.25) is 0 Å². The fraction of sp³-hybridized carbons (Fsp3) is 0.471. The molecule has 92 valence electrons. The van der Waals surface area contributed by atoms with Gasteiger partial charge >= 0.3 is 0 Å². The molecule has 0 radical (unpaired) electrons. The molecule has 1 nitrogen and oxygen atoms in total. The van der Waals surface area contributed by atoms with Crippen molar-refractivity contribution in [2.75, 3.05) is 0 Å². The number of Topliss-reactive ketones (excluding diaryl/α,β-unsaturated/α-hetero) is 1. The molecule has 18 heavy (non-hydrogen) atoms. The average molecular weight is 238 g/mol. The summed E-state index contributed by atoms with van der Waals surface area (Å²) in [5, 5.41) is 0. The molecule has 0 amide bonds. The number of ketones is 1. The Labute approximate surface area is 108 Å². The van der Waals surface area contributed by atoms with Crippen molar-refractivity contribution in [3.8, 4) is 0 Å². The van der Waals surface area contributed by atoms with Crippen molar-refractivity contribution in [1.82, 2.24) is 0 Å². The van der Waals surface area contributed by atoms with Gasteiger partial charge in [-0.1, -0.05) is 29.8 Å². The lowest BCUT2D eigenvalue weighted by molar-refractivity contribution is 0.0944. The first-order valence-corrected chi connectivity index (χ1v) is 7.02. The molecule has 2 bridgehead atoms. The van der Waals surface area contributed by atoms with Gasteiger partial charge in [0.1, 0.15) is 0 Å². The topological polar surface area (TPSA) is 17.1 Å². The Hall–Kier alpha value is -1.37. The van der Waals surface area contributed by atoms with Gasteiger partial charge in [-0.3, -0.25) is 4.79 Å². The third-order valence-electron chi connectivity index (χ3n) is 5.32. The Morgan fingerprint density at radius 1 is 1.28 bits per heavy atom. The Kier molecular flexibility index (Phi) is 1.96. The summed E-state index contributed by atoms with van der Waals surface area (Å²) in [5.41, 5.74) is 3.86. The third-order valence-corrected chi connectivity index (χ3v) is 5.32. The van der Waals surface area contributed by atoms with Gasteiger partial charge in [0.25, 0.3) is 0 Å². The SMILES string of the molecule is Cc1ccc2c(c1)C(=O)CCC21CC2C=CC1C2. The smallest absolute Gasteiger partial charge is 0.163 e. The van der Waals surface area contributed by atoms with E-state index in [0.29, 0.717) is 11.7 Å². The number of hydrogen-bond acceptors (Lipinski definition) is 1. The summed E-state index contributed by atoms with van der Waals surface area (Å²) in [4.78, 5) is 12.2. The van der Waals surface area contributed by atoms with E-state index in [0.717, 1.165) is 24.3 Å². The van der Waals surface area contributed by atoms with Gasteiger partial charge < -0.3 is 0 Å². The molecule has 1 aromatic rings. The fourth-order valence-corrected chi connectivity index (χ4v) is 4.48. The highest BCUT2D eigenvalue weighted by molar-refractivity contribution is 5.99. The number of carbonyl (C=O) groups is 1. The highest BCUT2D eigenvalue weighted by atomic mass is 16.1. The lowest BCUT2D eigenvalue weighted by atomic mass is 9.62. The molecule has 0 heterocycles. The molecule has 1 fully saturated rings. The maximum Gasteiger partial charge on any atom is 0.163 e. The van der Waals surface area contributed by atoms with Gasteiger partial charge in [0.15, 0.2) is 5.78 Å². The van der Waals surface area contributed by atoms with Gasteiger partial charge in [-0.05, 0) is 49.7 Å². The summed E-state index contributed by atoms with van der Waals surface area (Å²) in [7, 11) is 0. The van der Waals surface area contributed by atoms with Crippen molar-refractivity contribution in [2.24, 2.45) is 11.8 Å². The van der Waals surface area contributed by atoms with Crippen LogP contribution in [0.5, 0.6) is 0 Å². The average Bonchev–Trinajstić information content (AvgIpc) is 2.95. The zero-order valence-corrected chi connectivity index (χ0v) is 10.8. The quantitative estimate of drug-likeness (QED) is 0.628. The highest BCUT2D eigenvalue weighted by Gasteiger charge is 2.51. The number of allylic oxidation sites excluding steroid dienone is 2. The predicted molar refractivity (Wildman–Crippen MR) is 71.8 cm³/mol. The van der Waals surface area contributed by atoms with E-state index in [2.05, 4.69) is 37.3 Å². The standard InChI is InChI=1S/C17H18O/c1-11-2-5-15-14(8-11)16(18)6-7-17(15)10-12-3-4-13(17)9-12/h2-5,8,12-13H,6-7,9-10H2,1H3. The van der Waals surface area contributed by atoms with Crippen LogP contribution in [0.3, 0.4) is 0 Å². The minimum atomic E-state index is 0.288. The van der Waals surface area contributed by atoms with Crippen LogP contribution in [0.4, 0.5) is 0 Å². The number of aryl methyl sites for hydroxylation is 1. The second kappa shape index (κ2) is 3.34. The Bertz CT molecular complexity index is 569. The summed E-state index contributed by atoms with van der Waals surface area (Å²) in [6.45, 7) is 2.08. The molecule has 3 aliphatic rings. The zero-order valence-electron chi connectivity index (χ0n) is 10.8. The normalized spacial score (nSPS) is 36.4. The Morgan fingerprint density at radius 3 is 2.89 bits per heavy atom. The molecule has 0 N–H and O–H groups in total. The van der Waals surface area contributed by atoms with E-state index in [4.69, 9.17) is 0 Å². The van der Waals surface area contributed by atoms with Crippen LogP contribution in [0.15, 0.2) is 30.4 Å². The molecule has 1 spiro atoms. The van der Waals surface area contributed by atoms with Crippen LogP contribution in [0.1, 0.15) is 47.2 Å². The van der Waals surface area contributed by atoms with Crippen molar-refractivity contribution in [3.63, 3.8) is 0 Å². The number of benzene rings is 1. The lowest BCUT2D eigenvalue weighted by Crippen LogP contribution is -2.36. The monoisotopic (exact) mass is 238 g/mol. The van der Waals surface area contributed by atoms with Crippen molar-refractivity contribution in [1.29, 1.82) is 0 Å². The van der Waals surface area contributed by atoms with Crippen molar-refractivity contribution in [2.45, 2.75) is 38.0 Å². The minimum absolute atomic E-state index is 0.288. The van der Waals surface area contributed by atoms with Crippen LogP contribution in [-0.2, 0) is 5.41 Å². The molecule has 3 atom stereocenters. The molecule has 3 aliphatic carbocycles. The van der Waals surface area contributed by atoms with Crippen LogP contribution in [-0.4, -0.2) is 5.78 Å². The van der Waals surface area contributed by atoms with E-state index in [1.165, 1.54) is 24.0 Å². The van der Waals surface area contributed by atoms with Crippen molar-refractivity contribution >= 4 is 5.78 Å². The maximum absolute atomic E-state index is 12.2. The van der Waals surface area contributed by atoms with Gasteiger partial charge in [-0.25, -0.2) is 0 Å². The van der Waals surface area contributed by atoms with Gasteiger partial charge in [0.05, 0.1) is 0 Å². The van der Waals surface area contributed by atoms with E-state index in [1.807, 2.05) is 0 Å².